The molecule has 11 nitrogen and oxygen atoms in total. The van der Waals surface area contributed by atoms with Crippen LogP contribution >= 0.6 is 0 Å². The van der Waals surface area contributed by atoms with Crippen LogP contribution in [0.1, 0.15) is 31.1 Å². The second kappa shape index (κ2) is 7.42. The second-order valence-electron chi connectivity index (χ2n) is 7.51. The van der Waals surface area contributed by atoms with Crippen molar-refractivity contribution >= 4 is 17.9 Å². The molecule has 0 saturated carbocycles. The lowest BCUT2D eigenvalue weighted by Crippen LogP contribution is -2.92. The summed E-state index contributed by atoms with van der Waals surface area (Å²) in [7, 11) is 0. The third kappa shape index (κ3) is 2.73. The van der Waals surface area contributed by atoms with Crippen molar-refractivity contribution < 1.29 is 34.4 Å². The van der Waals surface area contributed by atoms with Crippen molar-refractivity contribution in [3.05, 3.63) is 35.9 Å². The van der Waals surface area contributed by atoms with Gasteiger partial charge in [0.05, 0.1) is 12.2 Å². The topological polar surface area (TPSA) is 180 Å². The van der Waals surface area contributed by atoms with Crippen molar-refractivity contribution in [3.63, 3.8) is 0 Å². The first-order valence-corrected chi connectivity index (χ1v) is 9.45. The first-order chi connectivity index (χ1) is 13.8. The van der Waals surface area contributed by atoms with Gasteiger partial charge in [-0.05, 0) is 18.6 Å². The van der Waals surface area contributed by atoms with Crippen molar-refractivity contribution in [1.29, 1.82) is 0 Å². The second-order valence-corrected chi connectivity index (χ2v) is 7.51. The number of guanidine groups is 2. The van der Waals surface area contributed by atoms with E-state index in [-0.39, 0.29) is 31.5 Å². The number of esters is 1. The average molecular weight is 422 g/mol. The Labute approximate surface area is 174 Å². The van der Waals surface area contributed by atoms with Gasteiger partial charge in [0.25, 0.3) is 5.79 Å². The summed E-state index contributed by atoms with van der Waals surface area (Å²) in [5.41, 5.74) is 10.8. The monoisotopic (exact) mass is 422 g/mol. The van der Waals surface area contributed by atoms with Gasteiger partial charge in [0.1, 0.15) is 12.1 Å². The van der Waals surface area contributed by atoms with Crippen LogP contribution in [0, 0.1) is 0 Å². The van der Waals surface area contributed by atoms with E-state index >= 15 is 0 Å². The minimum absolute atomic E-state index is 0. The molecule has 4 rings (SSSR count). The van der Waals surface area contributed by atoms with E-state index in [1.807, 2.05) is 6.92 Å². The zero-order chi connectivity index (χ0) is 21.0. The van der Waals surface area contributed by atoms with Crippen molar-refractivity contribution in [2.75, 3.05) is 6.61 Å². The normalized spacial score (nSPS) is 33.4. The Morgan fingerprint density at radius 1 is 1.30 bits per heavy atom. The van der Waals surface area contributed by atoms with Crippen LogP contribution in [0.3, 0.4) is 0 Å². The minimum atomic E-state index is -2.59. The number of nitrogens with one attached hydrogen (secondary N) is 3. The molecular formula is C19H30N6O5+2. The predicted octanol–water partition coefficient (Wildman–Crippen LogP) is -4.32. The Balaban J connectivity index is 0.00000256. The highest BCUT2D eigenvalue weighted by Crippen LogP contribution is 2.43. The van der Waals surface area contributed by atoms with Crippen LogP contribution in [0.25, 0.3) is 0 Å². The fraction of sp³-hybridized carbons (Fsp3) is 0.526. The van der Waals surface area contributed by atoms with Crippen molar-refractivity contribution in [2.45, 2.75) is 56.5 Å². The van der Waals surface area contributed by atoms with E-state index in [0.717, 1.165) is 0 Å². The standard InChI is InChI=1S/C18H24N6O5.CH4/c1-2-11-13(29-14(26)9-6-4-3-5-7-9)18(27,28)17-12(22-15(19)23-17)10(8-25)21-16(20)24(11)17;/h3-7,10-13,25,27-28H,2,8H2,1H3,(H5,19,20,21,22,23);1H4/p+2/t10-,11+,12-,13?,17?;/m0./s1. The van der Waals surface area contributed by atoms with Gasteiger partial charge < -0.3 is 20.1 Å². The molecule has 3 aliphatic heterocycles. The number of rotatable bonds is 4. The minimum Gasteiger partial charge on any atom is -0.449 e. The smallest absolute Gasteiger partial charge is 0.347 e. The van der Waals surface area contributed by atoms with E-state index in [2.05, 4.69) is 15.6 Å². The SMILES string of the molecule is C.CC[C@@H]1C(OC(=O)c2ccccc2)C(O)(O)C23NC(N)=[NH+][C@H]2[C@H](CO)NC(N)=[N+]13. The summed E-state index contributed by atoms with van der Waals surface area (Å²) in [6.07, 6.45) is -0.960. The lowest BCUT2D eigenvalue weighted by atomic mass is 9.86. The van der Waals surface area contributed by atoms with E-state index in [1.54, 1.807) is 34.9 Å². The third-order valence-electron chi connectivity index (χ3n) is 5.96. The Morgan fingerprint density at radius 2 is 1.97 bits per heavy atom. The third-order valence-corrected chi connectivity index (χ3v) is 5.96. The van der Waals surface area contributed by atoms with E-state index in [1.165, 1.54) is 0 Å². The first-order valence-electron chi connectivity index (χ1n) is 9.45. The Morgan fingerprint density at radius 3 is 2.57 bits per heavy atom. The summed E-state index contributed by atoms with van der Waals surface area (Å²) in [5.74, 6) is -3.08. The van der Waals surface area contributed by atoms with Gasteiger partial charge in [-0.1, -0.05) is 32.5 Å². The molecule has 0 radical (unpaired) electrons. The summed E-state index contributed by atoms with van der Waals surface area (Å²) >= 11 is 0. The molecule has 0 amide bonds. The molecule has 2 unspecified atom stereocenters. The van der Waals surface area contributed by atoms with Crippen LogP contribution in [0.5, 0.6) is 0 Å². The summed E-state index contributed by atoms with van der Waals surface area (Å²) < 4.78 is 7.15. The molecule has 11 heteroatoms. The molecule has 0 aromatic heterocycles. The Hall–Kier alpha value is -2.89. The maximum atomic E-state index is 12.7. The van der Waals surface area contributed by atoms with Crippen LogP contribution in [0.4, 0.5) is 0 Å². The molecule has 1 saturated heterocycles. The number of carbonyl (C=O) groups excluding carboxylic acids is 1. The molecule has 10 N–H and O–H groups in total. The van der Waals surface area contributed by atoms with Crippen LogP contribution in [0.15, 0.2) is 30.3 Å². The highest BCUT2D eigenvalue weighted by atomic mass is 16.6. The van der Waals surface area contributed by atoms with Gasteiger partial charge in [-0.2, -0.15) is 0 Å². The molecule has 164 valence electrons. The van der Waals surface area contributed by atoms with Gasteiger partial charge in [-0.25, -0.2) is 14.7 Å². The quantitative estimate of drug-likeness (QED) is 0.135. The molecule has 1 fully saturated rings. The van der Waals surface area contributed by atoms with Gasteiger partial charge in [0, 0.05) is 0 Å². The summed E-state index contributed by atoms with van der Waals surface area (Å²) in [4.78, 5) is 15.6. The fourth-order valence-electron chi connectivity index (χ4n) is 4.75. The van der Waals surface area contributed by atoms with E-state index in [9.17, 15) is 20.1 Å². The van der Waals surface area contributed by atoms with Crippen molar-refractivity contribution in [2.24, 2.45) is 11.5 Å². The molecule has 1 aromatic carbocycles. The number of hydrogen-bond donors (Lipinski definition) is 8. The Kier molecular flexibility index (Phi) is 5.39. The maximum absolute atomic E-state index is 12.7. The molecule has 0 bridgehead atoms. The number of nitrogens with two attached hydrogens (primary N) is 2. The van der Waals surface area contributed by atoms with Crippen LogP contribution in [0.2, 0.25) is 0 Å². The van der Waals surface area contributed by atoms with Gasteiger partial charge in [0.2, 0.25) is 0 Å². The molecule has 3 heterocycles. The molecular weight excluding hydrogens is 392 g/mol. The van der Waals surface area contributed by atoms with Crippen LogP contribution in [-0.2, 0) is 4.74 Å². The van der Waals surface area contributed by atoms with Gasteiger partial charge in [0.15, 0.2) is 12.1 Å². The summed E-state index contributed by atoms with van der Waals surface area (Å²) in [6, 6.07) is 6.17. The Bertz CT molecular complexity index is 889. The van der Waals surface area contributed by atoms with Gasteiger partial charge >= 0.3 is 23.6 Å². The molecule has 1 aromatic rings. The van der Waals surface area contributed by atoms with Crippen molar-refractivity contribution in [3.8, 4) is 0 Å². The van der Waals surface area contributed by atoms with E-state index < -0.39 is 41.6 Å². The lowest BCUT2D eigenvalue weighted by Gasteiger charge is -2.40. The predicted molar refractivity (Wildman–Crippen MR) is 107 cm³/mol. The fourth-order valence-corrected chi connectivity index (χ4v) is 4.75. The highest BCUT2D eigenvalue weighted by Gasteiger charge is 2.81. The van der Waals surface area contributed by atoms with Gasteiger partial charge in [-0.3, -0.25) is 21.8 Å². The molecule has 30 heavy (non-hydrogen) atoms. The zero-order valence-corrected chi connectivity index (χ0v) is 15.9. The molecule has 5 atom stereocenters. The maximum Gasteiger partial charge on any atom is 0.347 e. The first kappa shape index (κ1) is 21.8. The van der Waals surface area contributed by atoms with Crippen LogP contribution in [-0.4, -0.2) is 80.1 Å². The number of carbonyl (C=O) groups is 1. The van der Waals surface area contributed by atoms with E-state index in [4.69, 9.17) is 16.2 Å². The number of hydrogen-bond acceptors (Lipinski definition) is 9. The average Bonchev–Trinajstić information content (AvgIpc) is 3.15. The summed E-state index contributed by atoms with van der Waals surface area (Å²) in [5, 5.41) is 38.3. The molecule has 0 aliphatic carbocycles. The largest absolute Gasteiger partial charge is 0.449 e. The number of ether oxygens (including phenoxy) is 1. The lowest BCUT2D eigenvalue weighted by molar-refractivity contribution is -0.692. The van der Waals surface area contributed by atoms with Crippen molar-refractivity contribution in [1.82, 2.24) is 10.6 Å². The number of benzene rings is 1. The highest BCUT2D eigenvalue weighted by molar-refractivity contribution is 5.89. The molecule has 3 aliphatic rings. The summed E-state index contributed by atoms with van der Waals surface area (Å²) in [6.45, 7) is 1.48. The molecule has 1 spiro atoms. The van der Waals surface area contributed by atoms with E-state index in [0.29, 0.717) is 6.42 Å². The van der Waals surface area contributed by atoms with Crippen LogP contribution < -0.4 is 27.1 Å². The number of aliphatic hydroxyl groups excluding tert-OH is 1. The van der Waals surface area contributed by atoms with Gasteiger partial charge in [-0.15, -0.1) is 0 Å². The number of nitrogens with zero attached hydrogens (tertiary/aromatic N) is 1. The number of aliphatic hydroxyl groups is 3. The zero-order valence-electron chi connectivity index (χ0n) is 15.9.